The van der Waals surface area contributed by atoms with Gasteiger partial charge in [-0.15, -0.1) is 0 Å². The van der Waals surface area contributed by atoms with Crippen LogP contribution in [0.4, 0.5) is 23.4 Å². The normalized spacial score (nSPS) is 18.4. The smallest absolute Gasteiger partial charge is 0.357 e. The van der Waals surface area contributed by atoms with Gasteiger partial charge >= 0.3 is 6.18 Å². The summed E-state index contributed by atoms with van der Waals surface area (Å²) in [5.41, 5.74) is 0.927. The molecule has 12 heteroatoms. The highest BCUT2D eigenvalue weighted by atomic mass is 32.2. The van der Waals surface area contributed by atoms with Crippen LogP contribution in [-0.2, 0) is 27.5 Å². The maximum atomic E-state index is 13.3. The van der Waals surface area contributed by atoms with Gasteiger partial charge in [0, 0.05) is 31.7 Å². The largest absolute Gasteiger partial charge is 0.416 e. The van der Waals surface area contributed by atoms with Gasteiger partial charge in [0.2, 0.25) is 15.9 Å². The molecule has 2 aromatic carbocycles. The molecule has 0 radical (unpaired) electrons. The minimum Gasteiger partial charge on any atom is -0.357 e. The molecule has 0 bridgehead atoms. The lowest BCUT2D eigenvalue weighted by Crippen LogP contribution is -2.45. The topological polar surface area (TPSA) is 82.6 Å². The maximum absolute atomic E-state index is 13.3. The average molecular weight is 591 g/mol. The van der Waals surface area contributed by atoms with Gasteiger partial charge in [0.25, 0.3) is 0 Å². The Kier molecular flexibility index (Phi) is 8.32. The number of amides is 1. The minimum atomic E-state index is -4.45. The van der Waals surface area contributed by atoms with E-state index in [0.717, 1.165) is 60.9 Å². The third-order valence-corrected chi connectivity index (χ3v) is 9.38. The number of benzene rings is 2. The Balaban J connectivity index is 1.36. The van der Waals surface area contributed by atoms with Crippen molar-refractivity contribution in [2.75, 3.05) is 24.5 Å². The predicted octanol–water partition coefficient (Wildman–Crippen LogP) is 5.37. The predicted molar refractivity (Wildman–Crippen MR) is 146 cm³/mol. The van der Waals surface area contributed by atoms with Crippen molar-refractivity contribution < 1.29 is 30.8 Å². The molecule has 2 aliphatic rings. The van der Waals surface area contributed by atoms with Gasteiger partial charge in [0.1, 0.15) is 17.7 Å². The Labute approximate surface area is 236 Å². The zero-order valence-corrected chi connectivity index (χ0v) is 23.0. The molecule has 1 amide bonds. The number of nitrogens with one attached hydrogen (secondary N) is 1. The van der Waals surface area contributed by atoms with Crippen molar-refractivity contribution in [3.05, 3.63) is 77.6 Å². The first-order chi connectivity index (χ1) is 19.5. The molecule has 5 rings (SSSR count). The molecule has 3 heterocycles. The number of rotatable bonds is 7. The third kappa shape index (κ3) is 6.54. The summed E-state index contributed by atoms with van der Waals surface area (Å²) in [5.74, 6) is -0.343. The number of hydrogen-bond donors (Lipinski definition) is 1. The molecule has 0 unspecified atom stereocenters. The lowest BCUT2D eigenvalue weighted by Gasteiger charge is -2.28. The zero-order chi connectivity index (χ0) is 29.2. The van der Waals surface area contributed by atoms with Crippen LogP contribution in [-0.4, -0.2) is 49.3 Å². The van der Waals surface area contributed by atoms with Crippen LogP contribution in [0.15, 0.2) is 65.6 Å². The van der Waals surface area contributed by atoms with Gasteiger partial charge in [0.05, 0.1) is 16.2 Å². The zero-order valence-electron chi connectivity index (χ0n) is 22.2. The number of hydrogen-bond acceptors (Lipinski definition) is 5. The van der Waals surface area contributed by atoms with Gasteiger partial charge in [-0.3, -0.25) is 4.79 Å². The van der Waals surface area contributed by atoms with Crippen LogP contribution in [0.5, 0.6) is 0 Å². The fourth-order valence-corrected chi connectivity index (χ4v) is 6.93. The Hall–Kier alpha value is -3.51. The molecule has 1 N–H and O–H groups in total. The van der Waals surface area contributed by atoms with Crippen molar-refractivity contribution in [3.8, 4) is 11.3 Å². The van der Waals surface area contributed by atoms with E-state index in [2.05, 4.69) is 10.2 Å². The first kappa shape index (κ1) is 29.0. The summed E-state index contributed by atoms with van der Waals surface area (Å²) >= 11 is 0. The van der Waals surface area contributed by atoms with Gasteiger partial charge < -0.3 is 10.2 Å². The summed E-state index contributed by atoms with van der Waals surface area (Å²) in [4.78, 5) is 20.0. The summed E-state index contributed by atoms with van der Waals surface area (Å²) in [6, 6.07) is 11.9. The fourth-order valence-electron chi connectivity index (χ4n) is 5.27. The first-order valence-corrected chi connectivity index (χ1v) is 14.9. The number of nitrogens with zero attached hydrogens (tertiary/aromatic N) is 3. The van der Waals surface area contributed by atoms with E-state index in [-0.39, 0.29) is 18.0 Å². The summed E-state index contributed by atoms with van der Waals surface area (Å²) in [6.45, 7) is 1.85. The SMILES string of the molecule is O=C(NCc1cc(-c2ccc(C(F)(F)F)cc2)nc(N2CCCCC2)c1)[C@@H]1CCCN1S(=O)(=O)c1ccc(F)cc1. The Bertz CT molecular complexity index is 1490. The van der Waals surface area contributed by atoms with Crippen molar-refractivity contribution >= 4 is 21.7 Å². The molecule has 7 nitrogen and oxygen atoms in total. The molecule has 3 aromatic rings. The number of alkyl halides is 3. The standard InChI is InChI=1S/C29H30F4N4O3S/c30-23-10-12-24(13-11-23)41(39,40)37-16-4-5-26(37)28(38)34-19-20-17-25(21-6-8-22(9-7-21)29(31,32)33)35-27(18-20)36-14-2-1-3-15-36/h6-13,17-18,26H,1-5,14-16,19H2,(H,34,38)/t26-/m0/s1. The van der Waals surface area contributed by atoms with E-state index in [4.69, 9.17) is 4.98 Å². The number of sulfonamides is 1. The van der Waals surface area contributed by atoms with Crippen LogP contribution < -0.4 is 10.2 Å². The molecule has 0 aliphatic carbocycles. The number of carbonyl (C=O) groups excluding carboxylic acids is 1. The summed E-state index contributed by atoms with van der Waals surface area (Å²) in [5, 5.41) is 2.84. The first-order valence-electron chi connectivity index (χ1n) is 13.5. The van der Waals surface area contributed by atoms with E-state index < -0.39 is 39.5 Å². The molecule has 0 saturated carbocycles. The van der Waals surface area contributed by atoms with Gasteiger partial charge in [-0.05, 0) is 86.2 Å². The highest BCUT2D eigenvalue weighted by Gasteiger charge is 2.39. The van der Waals surface area contributed by atoms with Crippen LogP contribution in [0.25, 0.3) is 11.3 Å². The van der Waals surface area contributed by atoms with Gasteiger partial charge in [0.15, 0.2) is 0 Å². The Morgan fingerprint density at radius 3 is 2.27 bits per heavy atom. The van der Waals surface area contributed by atoms with Crippen LogP contribution in [0.2, 0.25) is 0 Å². The van der Waals surface area contributed by atoms with Gasteiger partial charge in [-0.2, -0.15) is 17.5 Å². The molecular formula is C29H30F4N4O3S. The van der Waals surface area contributed by atoms with Crippen molar-refractivity contribution in [1.29, 1.82) is 0 Å². The van der Waals surface area contributed by atoms with E-state index in [0.29, 0.717) is 35.5 Å². The molecule has 1 atom stereocenters. The average Bonchev–Trinajstić information content (AvgIpc) is 3.47. The van der Waals surface area contributed by atoms with Crippen molar-refractivity contribution in [2.24, 2.45) is 0 Å². The molecule has 2 aliphatic heterocycles. The van der Waals surface area contributed by atoms with Crippen LogP contribution in [0.3, 0.4) is 0 Å². The van der Waals surface area contributed by atoms with E-state index in [1.807, 2.05) is 6.07 Å². The minimum absolute atomic E-state index is 0.0801. The van der Waals surface area contributed by atoms with E-state index in [9.17, 15) is 30.8 Å². The van der Waals surface area contributed by atoms with Crippen molar-refractivity contribution in [1.82, 2.24) is 14.6 Å². The fraction of sp³-hybridized carbons (Fsp3) is 0.379. The number of aromatic nitrogens is 1. The molecule has 1 aromatic heterocycles. The monoisotopic (exact) mass is 590 g/mol. The molecular weight excluding hydrogens is 560 g/mol. The number of halogens is 4. The number of anilines is 1. The lowest BCUT2D eigenvalue weighted by molar-refractivity contribution is -0.137. The Morgan fingerprint density at radius 2 is 1.61 bits per heavy atom. The highest BCUT2D eigenvalue weighted by Crippen LogP contribution is 2.32. The van der Waals surface area contributed by atoms with Gasteiger partial charge in [-0.1, -0.05) is 12.1 Å². The van der Waals surface area contributed by atoms with Crippen LogP contribution in [0.1, 0.15) is 43.2 Å². The summed E-state index contributed by atoms with van der Waals surface area (Å²) in [6.07, 6.45) is -0.494. The lowest BCUT2D eigenvalue weighted by atomic mass is 10.1. The Morgan fingerprint density at radius 1 is 0.927 bits per heavy atom. The van der Waals surface area contributed by atoms with Crippen LogP contribution >= 0.6 is 0 Å². The van der Waals surface area contributed by atoms with E-state index >= 15 is 0 Å². The number of piperidine rings is 1. The second kappa shape index (κ2) is 11.8. The van der Waals surface area contributed by atoms with Gasteiger partial charge in [-0.25, -0.2) is 17.8 Å². The van der Waals surface area contributed by atoms with Crippen molar-refractivity contribution in [3.63, 3.8) is 0 Å². The highest BCUT2D eigenvalue weighted by molar-refractivity contribution is 7.89. The van der Waals surface area contributed by atoms with Crippen molar-refractivity contribution in [2.45, 2.75) is 55.8 Å². The summed E-state index contributed by atoms with van der Waals surface area (Å²) < 4.78 is 80.1. The third-order valence-electron chi connectivity index (χ3n) is 7.45. The number of pyridine rings is 1. The van der Waals surface area contributed by atoms with E-state index in [1.165, 1.54) is 24.3 Å². The van der Waals surface area contributed by atoms with Crippen LogP contribution in [0, 0.1) is 5.82 Å². The second-order valence-electron chi connectivity index (χ2n) is 10.3. The van der Waals surface area contributed by atoms with E-state index in [1.54, 1.807) is 6.07 Å². The quantitative estimate of drug-likeness (QED) is 0.375. The molecule has 2 fully saturated rings. The maximum Gasteiger partial charge on any atom is 0.416 e. The molecule has 218 valence electrons. The molecule has 0 spiro atoms. The number of carbonyl (C=O) groups is 1. The summed E-state index contributed by atoms with van der Waals surface area (Å²) in [7, 11) is -4.00. The molecule has 2 saturated heterocycles. The molecule has 41 heavy (non-hydrogen) atoms. The second-order valence-corrected chi connectivity index (χ2v) is 12.2.